The van der Waals surface area contributed by atoms with Gasteiger partial charge < -0.3 is 5.53 Å². The molecule has 0 amide bonds. The highest BCUT2D eigenvalue weighted by molar-refractivity contribution is 6.65. The molecule has 4 rings (SSSR count). The molecule has 0 radical (unpaired) electrons. The van der Waals surface area contributed by atoms with Gasteiger partial charge >= 0.3 is 5.71 Å². The van der Waals surface area contributed by atoms with Crippen LogP contribution in [0.4, 0.5) is 0 Å². The molecule has 0 unspecified atom stereocenters. The van der Waals surface area contributed by atoms with E-state index >= 15 is 0 Å². The first-order valence-corrected chi connectivity index (χ1v) is 8.51. The largest absolute Gasteiger partial charge is 0.361 e. The van der Waals surface area contributed by atoms with Crippen LogP contribution in [0, 0.1) is 6.92 Å². The zero-order valence-corrected chi connectivity index (χ0v) is 14.4. The van der Waals surface area contributed by atoms with Gasteiger partial charge in [0.2, 0.25) is 0 Å². The highest BCUT2D eigenvalue weighted by Crippen LogP contribution is 2.34. The summed E-state index contributed by atoms with van der Waals surface area (Å²) in [5, 5.41) is 0. The smallest absolute Gasteiger partial charge is 0.351 e. The first-order valence-electron chi connectivity index (χ1n) is 8.51. The second-order valence-electron chi connectivity index (χ2n) is 6.23. The summed E-state index contributed by atoms with van der Waals surface area (Å²) in [4.78, 5) is 8.50. The van der Waals surface area contributed by atoms with E-state index in [0.29, 0.717) is 11.4 Å². The van der Waals surface area contributed by atoms with Crippen molar-refractivity contribution in [1.29, 1.82) is 0 Å². The second-order valence-corrected chi connectivity index (χ2v) is 6.23. The van der Waals surface area contributed by atoms with Gasteiger partial charge in [0, 0.05) is 11.1 Å². The van der Waals surface area contributed by atoms with E-state index in [1.54, 1.807) is 0 Å². The number of aliphatic imine (C=N–C) groups is 1. The molecular weight excluding hydrogens is 318 g/mol. The quantitative estimate of drug-likeness (QED) is 0.476. The van der Waals surface area contributed by atoms with Crippen molar-refractivity contribution >= 4 is 22.7 Å². The van der Waals surface area contributed by atoms with Crippen molar-refractivity contribution in [2.75, 3.05) is 0 Å². The third-order valence-corrected chi connectivity index (χ3v) is 4.46. The summed E-state index contributed by atoms with van der Waals surface area (Å²) in [6, 6.07) is 28.0. The summed E-state index contributed by atoms with van der Waals surface area (Å²) in [5.41, 5.74) is 16.7. The van der Waals surface area contributed by atoms with Gasteiger partial charge in [-0.05, 0) is 12.5 Å². The molecule has 1 heterocycles. The lowest BCUT2D eigenvalue weighted by molar-refractivity contribution is 0.00120. The van der Waals surface area contributed by atoms with Crippen molar-refractivity contribution in [1.82, 2.24) is 0 Å². The number of hydrogen-bond donors (Lipinski definition) is 0. The maximum absolute atomic E-state index is 9.82. The minimum atomic E-state index is 0.499. The van der Waals surface area contributed by atoms with Gasteiger partial charge in [-0.3, -0.25) is 0 Å². The fraction of sp³-hybridized carbons (Fsp3) is 0.0435. The molecule has 0 N–H and O–H groups in total. The van der Waals surface area contributed by atoms with E-state index in [0.717, 1.165) is 28.0 Å². The highest BCUT2D eigenvalue weighted by atomic mass is 14.9. The topological polar surface area (TPSA) is 48.8 Å². The number of allylic oxidation sites excluding steroid dienone is 1. The van der Waals surface area contributed by atoms with E-state index in [9.17, 15) is 5.53 Å². The van der Waals surface area contributed by atoms with Crippen LogP contribution in [0.2, 0.25) is 0 Å². The predicted molar refractivity (Wildman–Crippen MR) is 106 cm³/mol. The van der Waals surface area contributed by atoms with Gasteiger partial charge in [-0.2, -0.15) is 4.79 Å². The lowest BCUT2D eigenvalue weighted by Gasteiger charge is -2.03. The van der Waals surface area contributed by atoms with Crippen LogP contribution in [0.1, 0.15) is 22.3 Å². The summed E-state index contributed by atoms with van der Waals surface area (Å²) in [6.07, 6.45) is 0. The molecular formula is C23H17N3. The Labute approximate surface area is 152 Å². The third kappa shape index (κ3) is 2.81. The van der Waals surface area contributed by atoms with Gasteiger partial charge in [-0.25, -0.2) is 4.99 Å². The van der Waals surface area contributed by atoms with Crippen LogP contribution < -0.4 is 0 Å². The summed E-state index contributed by atoms with van der Waals surface area (Å²) < 4.78 is 0. The fourth-order valence-corrected chi connectivity index (χ4v) is 3.14. The molecule has 26 heavy (non-hydrogen) atoms. The number of rotatable bonds is 3. The van der Waals surface area contributed by atoms with Crippen LogP contribution in [0.5, 0.6) is 0 Å². The number of nitrogens with zero attached hydrogens (tertiary/aromatic N) is 3. The zero-order valence-electron chi connectivity index (χ0n) is 14.4. The van der Waals surface area contributed by atoms with Crippen molar-refractivity contribution in [3.63, 3.8) is 0 Å². The lowest BCUT2D eigenvalue weighted by Crippen LogP contribution is -2.14. The Kier molecular flexibility index (Phi) is 4.14. The first kappa shape index (κ1) is 15.9. The Balaban J connectivity index is 1.94. The summed E-state index contributed by atoms with van der Waals surface area (Å²) >= 11 is 0. The highest BCUT2D eigenvalue weighted by Gasteiger charge is 2.35. The fourth-order valence-electron chi connectivity index (χ4n) is 3.14. The Hall–Kier alpha value is -3.55. The van der Waals surface area contributed by atoms with E-state index in [1.165, 1.54) is 5.56 Å². The number of benzene rings is 3. The van der Waals surface area contributed by atoms with Crippen molar-refractivity contribution in [2.24, 2.45) is 4.99 Å². The summed E-state index contributed by atoms with van der Waals surface area (Å²) in [5.74, 6) is 0. The maximum Gasteiger partial charge on any atom is 0.351 e. The third-order valence-electron chi connectivity index (χ3n) is 4.46. The molecule has 0 spiro atoms. The first-order chi connectivity index (χ1) is 12.8. The molecule has 124 valence electrons. The molecule has 3 aromatic carbocycles. The maximum atomic E-state index is 9.82. The van der Waals surface area contributed by atoms with Crippen molar-refractivity contribution in [3.05, 3.63) is 113 Å². The lowest BCUT2D eigenvalue weighted by atomic mass is 9.94. The Morgan fingerprint density at radius 2 is 1.27 bits per heavy atom. The average molecular weight is 335 g/mol. The summed E-state index contributed by atoms with van der Waals surface area (Å²) in [7, 11) is 0. The van der Waals surface area contributed by atoms with Crippen LogP contribution in [0.3, 0.4) is 0 Å². The summed E-state index contributed by atoms with van der Waals surface area (Å²) in [6.45, 7) is 2.05. The molecule has 0 saturated heterocycles. The minimum absolute atomic E-state index is 0.499. The van der Waals surface area contributed by atoms with Crippen LogP contribution in [-0.2, 0) is 0 Å². The Morgan fingerprint density at radius 1 is 0.692 bits per heavy atom. The molecule has 1 aliphatic heterocycles. The standard InChI is InChI=1S/C23H17N3/c1-16-12-14-19(15-13-16)22-23(26-24)20(17-8-4-2-5-9-17)21(25-22)18-10-6-3-7-11-18/h2-15H,1H3. The molecule has 0 aliphatic carbocycles. The molecule has 1 aliphatic rings. The van der Waals surface area contributed by atoms with Crippen molar-refractivity contribution < 1.29 is 4.79 Å². The van der Waals surface area contributed by atoms with Crippen LogP contribution in [0.15, 0.2) is 89.9 Å². The minimum Gasteiger partial charge on any atom is -0.361 e. The molecule has 3 heteroatoms. The molecule has 0 saturated carbocycles. The SMILES string of the molecule is Cc1ccc(C2=NC(c3ccccc3)=C(c3ccccc3)C2=[N+]=[N-])cc1. The van der Waals surface area contributed by atoms with E-state index in [4.69, 9.17) is 4.99 Å². The molecule has 0 atom stereocenters. The second kappa shape index (κ2) is 6.75. The Morgan fingerprint density at radius 3 is 1.85 bits per heavy atom. The Bertz CT molecular complexity index is 1050. The molecule has 3 aromatic rings. The normalized spacial score (nSPS) is 13.6. The van der Waals surface area contributed by atoms with Gasteiger partial charge in [0.05, 0.1) is 11.3 Å². The predicted octanol–water partition coefficient (Wildman–Crippen LogP) is 5.04. The van der Waals surface area contributed by atoms with Gasteiger partial charge in [-0.15, -0.1) is 0 Å². The number of aryl methyl sites for hydroxylation is 1. The van der Waals surface area contributed by atoms with Crippen LogP contribution in [-0.4, -0.2) is 16.2 Å². The average Bonchev–Trinajstić information content (AvgIpc) is 3.09. The van der Waals surface area contributed by atoms with E-state index < -0.39 is 0 Å². The van der Waals surface area contributed by atoms with Gasteiger partial charge in [0.1, 0.15) is 0 Å². The molecule has 0 fully saturated rings. The zero-order chi connectivity index (χ0) is 17.9. The number of hydrogen-bond acceptors (Lipinski definition) is 1. The molecule has 0 aromatic heterocycles. The van der Waals surface area contributed by atoms with Crippen LogP contribution in [0.25, 0.3) is 16.8 Å². The van der Waals surface area contributed by atoms with Gasteiger partial charge in [-0.1, -0.05) is 90.5 Å². The van der Waals surface area contributed by atoms with E-state index in [-0.39, 0.29) is 0 Å². The van der Waals surface area contributed by atoms with Crippen molar-refractivity contribution in [2.45, 2.75) is 6.92 Å². The van der Waals surface area contributed by atoms with E-state index in [2.05, 4.69) is 4.79 Å². The molecule has 0 bridgehead atoms. The van der Waals surface area contributed by atoms with Crippen LogP contribution >= 0.6 is 0 Å². The molecule has 3 nitrogen and oxygen atoms in total. The van der Waals surface area contributed by atoms with Gasteiger partial charge in [0.25, 0.3) is 0 Å². The van der Waals surface area contributed by atoms with Crippen molar-refractivity contribution in [3.8, 4) is 0 Å². The monoisotopic (exact) mass is 335 g/mol. The van der Waals surface area contributed by atoms with E-state index in [1.807, 2.05) is 91.9 Å². The van der Waals surface area contributed by atoms with Gasteiger partial charge in [0.15, 0.2) is 5.71 Å².